The van der Waals surface area contributed by atoms with Crippen LogP contribution in [0.5, 0.6) is 0 Å². The van der Waals surface area contributed by atoms with E-state index in [9.17, 15) is 0 Å². The van der Waals surface area contributed by atoms with Gasteiger partial charge in [-0.1, -0.05) is 58.3 Å². The maximum Gasteiger partial charge on any atom is 0.0248 e. The zero-order chi connectivity index (χ0) is 14.8. The Morgan fingerprint density at radius 2 is 1.45 bits per heavy atom. The van der Waals surface area contributed by atoms with Gasteiger partial charge in [-0.15, -0.1) is 0 Å². The van der Waals surface area contributed by atoms with Crippen molar-refractivity contribution in [1.82, 2.24) is 10.2 Å². The minimum Gasteiger partial charge on any atom is -0.315 e. The summed E-state index contributed by atoms with van der Waals surface area (Å²) in [4.78, 5) is 2.65. The molecule has 3 atom stereocenters. The van der Waals surface area contributed by atoms with Crippen LogP contribution in [0.4, 0.5) is 0 Å². The molecule has 3 unspecified atom stereocenters. The molecule has 0 bridgehead atoms. The molecule has 0 amide bonds. The standard InChI is InChI=1S/C18H38N2/c1-5-16(2)20(4)18-15-13-11-9-7-6-8-10-12-14-17(18)19-3/h16-19H,5-15H2,1-4H3. The van der Waals surface area contributed by atoms with E-state index in [0.29, 0.717) is 12.1 Å². The van der Waals surface area contributed by atoms with Crippen LogP contribution >= 0.6 is 0 Å². The van der Waals surface area contributed by atoms with E-state index in [1.165, 1.54) is 70.6 Å². The van der Waals surface area contributed by atoms with Gasteiger partial charge < -0.3 is 5.32 Å². The third-order valence-corrected chi connectivity index (χ3v) is 5.41. The van der Waals surface area contributed by atoms with Crippen LogP contribution in [0.15, 0.2) is 0 Å². The van der Waals surface area contributed by atoms with Crippen molar-refractivity contribution in [3.05, 3.63) is 0 Å². The van der Waals surface area contributed by atoms with Crippen LogP contribution in [0.3, 0.4) is 0 Å². The molecule has 2 nitrogen and oxygen atoms in total. The van der Waals surface area contributed by atoms with Crippen LogP contribution in [0.1, 0.15) is 84.5 Å². The van der Waals surface area contributed by atoms with E-state index in [1.54, 1.807) is 0 Å². The van der Waals surface area contributed by atoms with Crippen LogP contribution < -0.4 is 5.32 Å². The highest BCUT2D eigenvalue weighted by Crippen LogP contribution is 2.22. The van der Waals surface area contributed by atoms with Crippen LogP contribution in [-0.2, 0) is 0 Å². The summed E-state index contributed by atoms with van der Waals surface area (Å²) in [6, 6.07) is 2.09. The number of nitrogens with one attached hydrogen (secondary N) is 1. The Hall–Kier alpha value is -0.0800. The van der Waals surface area contributed by atoms with Gasteiger partial charge in [0.25, 0.3) is 0 Å². The van der Waals surface area contributed by atoms with Gasteiger partial charge in [-0.25, -0.2) is 0 Å². The number of likely N-dealkylation sites (N-methyl/N-ethyl adjacent to an activating group) is 2. The molecule has 1 fully saturated rings. The molecule has 0 spiro atoms. The van der Waals surface area contributed by atoms with E-state index in [1.807, 2.05) is 0 Å². The molecule has 0 aromatic carbocycles. The lowest BCUT2D eigenvalue weighted by Gasteiger charge is -2.38. The first-order valence-corrected chi connectivity index (χ1v) is 9.09. The van der Waals surface area contributed by atoms with Crippen LogP contribution in [-0.4, -0.2) is 37.1 Å². The molecule has 0 saturated heterocycles. The number of hydrogen-bond acceptors (Lipinski definition) is 2. The van der Waals surface area contributed by atoms with Crippen molar-refractivity contribution in [2.75, 3.05) is 14.1 Å². The summed E-state index contributed by atoms with van der Waals surface area (Å²) in [7, 11) is 4.50. The van der Waals surface area contributed by atoms with Crippen molar-refractivity contribution in [1.29, 1.82) is 0 Å². The highest BCUT2D eigenvalue weighted by Gasteiger charge is 2.26. The van der Waals surface area contributed by atoms with E-state index < -0.39 is 0 Å². The van der Waals surface area contributed by atoms with Gasteiger partial charge in [-0.3, -0.25) is 4.90 Å². The summed E-state index contributed by atoms with van der Waals surface area (Å²) in [6.07, 6.45) is 15.4. The molecular weight excluding hydrogens is 244 g/mol. The van der Waals surface area contributed by atoms with Crippen LogP contribution in [0, 0.1) is 0 Å². The lowest BCUT2D eigenvalue weighted by atomic mass is 9.92. The lowest BCUT2D eigenvalue weighted by molar-refractivity contribution is 0.129. The molecule has 20 heavy (non-hydrogen) atoms. The second-order valence-corrected chi connectivity index (χ2v) is 6.79. The summed E-state index contributed by atoms with van der Waals surface area (Å²) >= 11 is 0. The smallest absolute Gasteiger partial charge is 0.0248 e. The molecule has 0 heterocycles. The lowest BCUT2D eigenvalue weighted by Crippen LogP contribution is -2.50. The molecule has 0 aromatic heterocycles. The van der Waals surface area contributed by atoms with Gasteiger partial charge in [0.2, 0.25) is 0 Å². The molecule has 2 heteroatoms. The zero-order valence-corrected chi connectivity index (χ0v) is 14.5. The van der Waals surface area contributed by atoms with Crippen molar-refractivity contribution >= 4 is 0 Å². The fourth-order valence-corrected chi connectivity index (χ4v) is 3.61. The number of nitrogens with zero attached hydrogens (tertiary/aromatic N) is 1. The Kier molecular flexibility index (Phi) is 9.54. The van der Waals surface area contributed by atoms with Crippen LogP contribution in [0.2, 0.25) is 0 Å². The first-order valence-electron chi connectivity index (χ1n) is 9.09. The predicted molar refractivity (Wildman–Crippen MR) is 90.3 cm³/mol. The normalized spacial score (nSPS) is 28.6. The quantitative estimate of drug-likeness (QED) is 0.811. The maximum atomic E-state index is 3.62. The van der Waals surface area contributed by atoms with Gasteiger partial charge in [-0.05, 0) is 40.3 Å². The molecular formula is C18H38N2. The zero-order valence-electron chi connectivity index (χ0n) is 14.5. The monoisotopic (exact) mass is 282 g/mol. The van der Waals surface area contributed by atoms with Crippen LogP contribution in [0.25, 0.3) is 0 Å². The van der Waals surface area contributed by atoms with Crippen molar-refractivity contribution in [2.45, 2.75) is 103 Å². The molecule has 1 N–H and O–H groups in total. The third kappa shape index (κ3) is 6.13. The fraction of sp³-hybridized carbons (Fsp3) is 1.00. The first kappa shape index (κ1) is 18.0. The summed E-state index contributed by atoms with van der Waals surface area (Å²) < 4.78 is 0. The van der Waals surface area contributed by atoms with E-state index in [4.69, 9.17) is 0 Å². The Bertz CT molecular complexity index is 229. The molecule has 0 aromatic rings. The van der Waals surface area contributed by atoms with Crippen molar-refractivity contribution < 1.29 is 0 Å². The predicted octanol–water partition coefficient (Wildman–Crippen LogP) is 4.59. The summed E-state index contributed by atoms with van der Waals surface area (Å²) in [6.45, 7) is 4.69. The molecule has 0 aliphatic heterocycles. The second-order valence-electron chi connectivity index (χ2n) is 6.79. The molecule has 1 aliphatic rings. The molecule has 1 saturated carbocycles. The van der Waals surface area contributed by atoms with Crippen molar-refractivity contribution in [2.24, 2.45) is 0 Å². The van der Waals surface area contributed by atoms with Crippen molar-refractivity contribution in [3.8, 4) is 0 Å². The van der Waals surface area contributed by atoms with E-state index in [2.05, 4.69) is 38.2 Å². The number of rotatable bonds is 4. The molecule has 1 aliphatic carbocycles. The van der Waals surface area contributed by atoms with Gasteiger partial charge in [0.1, 0.15) is 0 Å². The van der Waals surface area contributed by atoms with Gasteiger partial charge >= 0.3 is 0 Å². The average Bonchev–Trinajstić information content (AvgIpc) is 2.46. The summed E-state index contributed by atoms with van der Waals surface area (Å²) in [5, 5.41) is 3.62. The molecule has 1 rings (SSSR count). The Morgan fingerprint density at radius 1 is 0.950 bits per heavy atom. The largest absolute Gasteiger partial charge is 0.315 e. The summed E-state index contributed by atoms with van der Waals surface area (Å²) in [5.41, 5.74) is 0. The van der Waals surface area contributed by atoms with Gasteiger partial charge in [0, 0.05) is 18.1 Å². The van der Waals surface area contributed by atoms with Gasteiger partial charge in [0.15, 0.2) is 0 Å². The van der Waals surface area contributed by atoms with Gasteiger partial charge in [-0.2, -0.15) is 0 Å². The minimum atomic E-state index is 0.674. The Balaban J connectivity index is 2.64. The van der Waals surface area contributed by atoms with Crippen molar-refractivity contribution in [3.63, 3.8) is 0 Å². The molecule has 120 valence electrons. The minimum absolute atomic E-state index is 0.674. The second kappa shape index (κ2) is 10.6. The first-order chi connectivity index (χ1) is 9.70. The average molecular weight is 283 g/mol. The van der Waals surface area contributed by atoms with E-state index in [-0.39, 0.29) is 0 Å². The maximum absolute atomic E-state index is 3.62. The third-order valence-electron chi connectivity index (χ3n) is 5.41. The Morgan fingerprint density at radius 3 is 1.95 bits per heavy atom. The summed E-state index contributed by atoms with van der Waals surface area (Å²) in [5.74, 6) is 0. The van der Waals surface area contributed by atoms with E-state index >= 15 is 0 Å². The Labute approximate surface area is 127 Å². The highest BCUT2D eigenvalue weighted by atomic mass is 15.2. The molecule has 0 radical (unpaired) electrons. The SMILES string of the molecule is CCC(C)N(C)C1CCCCCCCCCCC1NC. The highest BCUT2D eigenvalue weighted by molar-refractivity contribution is 4.85. The topological polar surface area (TPSA) is 15.3 Å². The fourth-order valence-electron chi connectivity index (χ4n) is 3.61. The number of hydrogen-bond donors (Lipinski definition) is 1. The van der Waals surface area contributed by atoms with Gasteiger partial charge in [0.05, 0.1) is 0 Å². The van der Waals surface area contributed by atoms with E-state index in [0.717, 1.165) is 6.04 Å².